The number of benzene rings is 2. The van der Waals surface area contributed by atoms with Crippen LogP contribution in [0.2, 0.25) is 0 Å². The Kier molecular flexibility index (Phi) is 4.39. The van der Waals surface area contributed by atoms with Crippen LogP contribution in [-0.2, 0) is 6.61 Å². The number of ether oxygens (including phenoxy) is 1. The Balaban J connectivity index is 2.08. The van der Waals surface area contributed by atoms with Crippen LogP contribution in [0.1, 0.15) is 18.2 Å². The highest BCUT2D eigenvalue weighted by Crippen LogP contribution is 2.27. The van der Waals surface area contributed by atoms with Crippen molar-refractivity contribution in [1.29, 1.82) is 0 Å². The number of hydrogen-bond donors (Lipinski definition) is 1. The summed E-state index contributed by atoms with van der Waals surface area (Å²) in [6, 6.07) is 15.7. The standard InChI is InChI=1S/C18H19N3O2/c1-3-23-16-9-7-15(8-10-16)21-18(17(12-22)19-20-21)14-6-4-5-13(2)11-14/h4-11,22H,3,12H2,1-2H3. The lowest BCUT2D eigenvalue weighted by atomic mass is 10.1. The molecule has 2 aromatic carbocycles. The molecule has 1 heterocycles. The molecule has 1 aromatic heterocycles. The van der Waals surface area contributed by atoms with E-state index in [1.807, 2.05) is 56.3 Å². The summed E-state index contributed by atoms with van der Waals surface area (Å²) in [5.74, 6) is 0.816. The molecule has 0 unspecified atom stereocenters. The first kappa shape index (κ1) is 15.2. The van der Waals surface area contributed by atoms with E-state index in [9.17, 15) is 5.11 Å². The van der Waals surface area contributed by atoms with Gasteiger partial charge in [0.15, 0.2) is 0 Å². The fraction of sp³-hybridized carbons (Fsp3) is 0.222. The third kappa shape index (κ3) is 3.10. The van der Waals surface area contributed by atoms with Crippen LogP contribution in [0.5, 0.6) is 5.75 Å². The molecule has 3 aromatic rings. The van der Waals surface area contributed by atoms with Crippen molar-refractivity contribution in [2.45, 2.75) is 20.5 Å². The van der Waals surface area contributed by atoms with Gasteiger partial charge in [0.25, 0.3) is 0 Å². The van der Waals surface area contributed by atoms with E-state index < -0.39 is 0 Å². The summed E-state index contributed by atoms with van der Waals surface area (Å²) in [5, 5.41) is 17.9. The Hall–Kier alpha value is -2.66. The van der Waals surface area contributed by atoms with E-state index in [-0.39, 0.29) is 6.61 Å². The normalized spacial score (nSPS) is 10.7. The van der Waals surface area contributed by atoms with E-state index in [1.54, 1.807) is 4.68 Å². The first-order chi connectivity index (χ1) is 11.2. The first-order valence-corrected chi connectivity index (χ1v) is 7.58. The topological polar surface area (TPSA) is 60.2 Å². The summed E-state index contributed by atoms with van der Waals surface area (Å²) in [7, 11) is 0. The second-order valence-corrected chi connectivity index (χ2v) is 5.25. The average molecular weight is 309 g/mol. The van der Waals surface area contributed by atoms with Crippen LogP contribution in [0.4, 0.5) is 0 Å². The summed E-state index contributed by atoms with van der Waals surface area (Å²) >= 11 is 0. The Labute approximate surface area is 135 Å². The summed E-state index contributed by atoms with van der Waals surface area (Å²) in [6.45, 7) is 4.47. The first-order valence-electron chi connectivity index (χ1n) is 7.58. The van der Waals surface area contributed by atoms with E-state index in [2.05, 4.69) is 16.4 Å². The number of aliphatic hydroxyl groups excluding tert-OH is 1. The third-order valence-electron chi connectivity index (χ3n) is 3.57. The molecule has 0 radical (unpaired) electrons. The average Bonchev–Trinajstić information content (AvgIpc) is 3.00. The fourth-order valence-corrected chi connectivity index (χ4v) is 2.53. The van der Waals surface area contributed by atoms with Crippen LogP contribution in [0.3, 0.4) is 0 Å². The Morgan fingerprint density at radius 3 is 2.57 bits per heavy atom. The smallest absolute Gasteiger partial charge is 0.119 e. The van der Waals surface area contributed by atoms with Gasteiger partial charge in [-0.25, -0.2) is 4.68 Å². The predicted octanol–water partition coefficient (Wildman–Crippen LogP) is 3.13. The van der Waals surface area contributed by atoms with Crippen molar-refractivity contribution in [3.8, 4) is 22.7 Å². The van der Waals surface area contributed by atoms with Crippen LogP contribution < -0.4 is 4.74 Å². The molecule has 0 aliphatic rings. The largest absolute Gasteiger partial charge is 0.494 e. The van der Waals surface area contributed by atoms with E-state index in [0.717, 1.165) is 28.3 Å². The van der Waals surface area contributed by atoms with Gasteiger partial charge < -0.3 is 9.84 Å². The Bertz CT molecular complexity index is 794. The lowest BCUT2D eigenvalue weighted by Gasteiger charge is -2.09. The van der Waals surface area contributed by atoms with Gasteiger partial charge in [0, 0.05) is 5.56 Å². The molecule has 23 heavy (non-hydrogen) atoms. The van der Waals surface area contributed by atoms with Crippen LogP contribution >= 0.6 is 0 Å². The Morgan fingerprint density at radius 1 is 1.13 bits per heavy atom. The van der Waals surface area contributed by atoms with Gasteiger partial charge in [0.2, 0.25) is 0 Å². The molecule has 0 aliphatic heterocycles. The Morgan fingerprint density at radius 2 is 1.91 bits per heavy atom. The van der Waals surface area contributed by atoms with Crippen LogP contribution in [0, 0.1) is 6.92 Å². The molecule has 3 rings (SSSR count). The lowest BCUT2D eigenvalue weighted by molar-refractivity contribution is 0.277. The van der Waals surface area contributed by atoms with Gasteiger partial charge in [-0.15, -0.1) is 5.10 Å². The molecule has 0 saturated carbocycles. The molecule has 118 valence electrons. The number of aryl methyl sites for hydroxylation is 1. The lowest BCUT2D eigenvalue weighted by Crippen LogP contribution is -2.01. The minimum absolute atomic E-state index is 0.152. The van der Waals surface area contributed by atoms with Crippen molar-refractivity contribution in [3.63, 3.8) is 0 Å². The monoisotopic (exact) mass is 309 g/mol. The van der Waals surface area contributed by atoms with Gasteiger partial charge in [0.05, 0.1) is 18.9 Å². The molecule has 0 amide bonds. The number of aliphatic hydroxyl groups is 1. The number of rotatable bonds is 5. The molecule has 0 fully saturated rings. The van der Waals surface area contributed by atoms with Gasteiger partial charge >= 0.3 is 0 Å². The highest BCUT2D eigenvalue weighted by molar-refractivity contribution is 5.65. The predicted molar refractivity (Wildman–Crippen MR) is 88.6 cm³/mol. The molecule has 1 N–H and O–H groups in total. The number of nitrogens with zero attached hydrogens (tertiary/aromatic N) is 3. The summed E-state index contributed by atoms with van der Waals surface area (Å²) in [5.41, 5.74) is 4.36. The van der Waals surface area contributed by atoms with Crippen molar-refractivity contribution < 1.29 is 9.84 Å². The molecule has 5 nitrogen and oxygen atoms in total. The molecule has 0 spiro atoms. The van der Waals surface area contributed by atoms with Crippen molar-refractivity contribution in [1.82, 2.24) is 15.0 Å². The third-order valence-corrected chi connectivity index (χ3v) is 3.57. The van der Waals surface area contributed by atoms with Crippen LogP contribution in [0.25, 0.3) is 16.9 Å². The summed E-state index contributed by atoms with van der Waals surface area (Å²) in [6.07, 6.45) is 0. The van der Waals surface area contributed by atoms with Crippen molar-refractivity contribution >= 4 is 0 Å². The molecular weight excluding hydrogens is 290 g/mol. The molecule has 5 heteroatoms. The second kappa shape index (κ2) is 6.62. The second-order valence-electron chi connectivity index (χ2n) is 5.25. The summed E-state index contributed by atoms with van der Waals surface area (Å²) in [4.78, 5) is 0. The zero-order valence-corrected chi connectivity index (χ0v) is 13.2. The fourth-order valence-electron chi connectivity index (χ4n) is 2.53. The van der Waals surface area contributed by atoms with Gasteiger partial charge in [0.1, 0.15) is 17.1 Å². The SMILES string of the molecule is CCOc1ccc(-n2nnc(CO)c2-c2cccc(C)c2)cc1. The van der Waals surface area contributed by atoms with E-state index in [4.69, 9.17) is 4.74 Å². The van der Waals surface area contributed by atoms with Crippen molar-refractivity contribution in [2.75, 3.05) is 6.61 Å². The minimum Gasteiger partial charge on any atom is -0.494 e. The van der Waals surface area contributed by atoms with E-state index in [0.29, 0.717) is 12.3 Å². The van der Waals surface area contributed by atoms with E-state index >= 15 is 0 Å². The van der Waals surface area contributed by atoms with Gasteiger partial charge in [-0.05, 0) is 44.2 Å². The maximum atomic E-state index is 9.59. The highest BCUT2D eigenvalue weighted by Gasteiger charge is 2.15. The molecule has 0 saturated heterocycles. The summed E-state index contributed by atoms with van der Waals surface area (Å²) < 4.78 is 7.21. The maximum Gasteiger partial charge on any atom is 0.119 e. The molecule has 0 aliphatic carbocycles. The van der Waals surface area contributed by atoms with Crippen LogP contribution in [0.15, 0.2) is 48.5 Å². The van der Waals surface area contributed by atoms with E-state index in [1.165, 1.54) is 0 Å². The molecule has 0 bridgehead atoms. The number of aromatic nitrogens is 3. The molecular formula is C18H19N3O2. The highest BCUT2D eigenvalue weighted by atomic mass is 16.5. The van der Waals surface area contributed by atoms with Gasteiger partial charge in [-0.3, -0.25) is 0 Å². The quantitative estimate of drug-likeness (QED) is 0.786. The minimum atomic E-state index is -0.152. The van der Waals surface area contributed by atoms with Crippen molar-refractivity contribution in [3.05, 3.63) is 59.8 Å². The zero-order valence-electron chi connectivity index (χ0n) is 13.2. The van der Waals surface area contributed by atoms with Crippen LogP contribution in [-0.4, -0.2) is 26.7 Å². The molecule has 0 atom stereocenters. The maximum absolute atomic E-state index is 9.59. The van der Waals surface area contributed by atoms with Gasteiger partial charge in [-0.1, -0.05) is 29.0 Å². The van der Waals surface area contributed by atoms with Crippen molar-refractivity contribution in [2.24, 2.45) is 0 Å². The zero-order chi connectivity index (χ0) is 16.2. The van der Waals surface area contributed by atoms with Gasteiger partial charge in [-0.2, -0.15) is 0 Å². The number of hydrogen-bond acceptors (Lipinski definition) is 4.